The molecule has 4 N–H and O–H groups in total. The Bertz CT molecular complexity index is 1050. The summed E-state index contributed by atoms with van der Waals surface area (Å²) in [6.45, 7) is 2.40. The van der Waals surface area contributed by atoms with Gasteiger partial charge in [-0.05, 0) is 30.2 Å². The van der Waals surface area contributed by atoms with E-state index in [4.69, 9.17) is 5.14 Å². The van der Waals surface area contributed by atoms with Gasteiger partial charge in [-0.15, -0.1) is 0 Å². The average molecular weight is 399 g/mol. The van der Waals surface area contributed by atoms with Crippen LogP contribution in [0.2, 0.25) is 0 Å². The average Bonchev–Trinajstić information content (AvgIpc) is 3.08. The number of carbonyl (C=O) groups excluding carboxylic acids is 1. The number of anilines is 1. The number of nitrogens with one attached hydrogen (secondary N) is 2. The lowest BCUT2D eigenvalue weighted by molar-refractivity contribution is 0.249. The van der Waals surface area contributed by atoms with Gasteiger partial charge in [0, 0.05) is 12.3 Å². The van der Waals surface area contributed by atoms with Gasteiger partial charge >= 0.3 is 6.03 Å². The Morgan fingerprint density at radius 2 is 1.79 bits per heavy atom. The van der Waals surface area contributed by atoms with Crippen LogP contribution in [0.25, 0.3) is 0 Å². The Morgan fingerprint density at radius 1 is 1.11 bits per heavy atom. The molecule has 0 bridgehead atoms. The zero-order chi connectivity index (χ0) is 20.1. The molecule has 1 atom stereocenters. The number of sulfonamides is 1. The molecule has 1 aromatic heterocycles. The van der Waals surface area contributed by atoms with Gasteiger partial charge in [-0.3, -0.25) is 10.00 Å². The van der Waals surface area contributed by atoms with Crippen molar-refractivity contribution < 1.29 is 13.2 Å². The number of primary sulfonamides is 1. The molecular weight excluding hydrogens is 378 g/mol. The number of aromatic nitrogens is 2. The van der Waals surface area contributed by atoms with E-state index < -0.39 is 16.1 Å². The largest absolute Gasteiger partial charge is 0.331 e. The molecule has 8 nitrogen and oxygen atoms in total. The van der Waals surface area contributed by atoms with Crippen molar-refractivity contribution in [1.29, 1.82) is 0 Å². The molecule has 1 unspecified atom stereocenters. The van der Waals surface area contributed by atoms with Crippen LogP contribution in [0.3, 0.4) is 0 Å². The van der Waals surface area contributed by atoms with Crippen molar-refractivity contribution >= 4 is 21.9 Å². The van der Waals surface area contributed by atoms with E-state index in [1.807, 2.05) is 30.3 Å². The summed E-state index contributed by atoms with van der Waals surface area (Å²) in [5, 5.41) is 14.9. The van der Waals surface area contributed by atoms with Crippen molar-refractivity contribution in [2.75, 3.05) is 5.32 Å². The first-order valence-electron chi connectivity index (χ1n) is 8.59. The second-order valence-corrected chi connectivity index (χ2v) is 7.88. The zero-order valence-electron chi connectivity index (χ0n) is 15.2. The van der Waals surface area contributed by atoms with Crippen molar-refractivity contribution in [2.45, 2.75) is 24.4 Å². The Hall–Kier alpha value is -3.17. The first kappa shape index (κ1) is 19.6. The smallest absolute Gasteiger partial charge is 0.320 e. The minimum atomic E-state index is -3.74. The molecule has 2 aromatic carbocycles. The Kier molecular flexibility index (Phi) is 5.76. The first-order valence-corrected chi connectivity index (χ1v) is 10.1. The maximum atomic E-state index is 12.2. The standard InChI is InChI=1S/C19H21N5O3S/c1-14(16-7-9-17(10-8-16)28(20,26)27)21-19(25)22-18-11-12-24(23-18)13-15-5-3-2-4-6-15/h2-12,14H,13H2,1H3,(H2,20,26,27)(H2,21,22,23,25). The summed E-state index contributed by atoms with van der Waals surface area (Å²) in [5.74, 6) is 0.435. The zero-order valence-corrected chi connectivity index (χ0v) is 16.1. The highest BCUT2D eigenvalue weighted by Crippen LogP contribution is 2.16. The maximum Gasteiger partial charge on any atom is 0.320 e. The van der Waals surface area contributed by atoms with Crippen molar-refractivity contribution in [3.63, 3.8) is 0 Å². The third-order valence-electron chi connectivity index (χ3n) is 4.13. The van der Waals surface area contributed by atoms with Crippen LogP contribution in [-0.2, 0) is 16.6 Å². The van der Waals surface area contributed by atoms with Crippen LogP contribution in [0.4, 0.5) is 10.6 Å². The van der Waals surface area contributed by atoms with Gasteiger partial charge in [0.15, 0.2) is 5.82 Å². The van der Waals surface area contributed by atoms with Gasteiger partial charge in [0.25, 0.3) is 0 Å². The summed E-state index contributed by atoms with van der Waals surface area (Å²) in [5.41, 5.74) is 1.86. The number of urea groups is 1. The van der Waals surface area contributed by atoms with Gasteiger partial charge in [-0.25, -0.2) is 18.4 Å². The third kappa shape index (κ3) is 5.18. The number of nitrogens with two attached hydrogens (primary N) is 1. The predicted molar refractivity (Wildman–Crippen MR) is 106 cm³/mol. The molecule has 2 amide bonds. The fraction of sp³-hybridized carbons (Fsp3) is 0.158. The molecule has 9 heteroatoms. The first-order chi connectivity index (χ1) is 13.3. The molecule has 0 aliphatic rings. The van der Waals surface area contributed by atoms with Crippen molar-refractivity contribution in [3.05, 3.63) is 78.0 Å². The molecule has 0 aliphatic carbocycles. The number of nitrogens with zero attached hydrogens (tertiary/aromatic N) is 2. The van der Waals surface area contributed by atoms with E-state index in [1.165, 1.54) is 12.1 Å². The van der Waals surface area contributed by atoms with E-state index in [9.17, 15) is 13.2 Å². The van der Waals surface area contributed by atoms with Crippen molar-refractivity contribution in [2.24, 2.45) is 5.14 Å². The van der Waals surface area contributed by atoms with Gasteiger partial charge < -0.3 is 5.32 Å². The predicted octanol–water partition coefficient (Wildman–Crippen LogP) is 2.46. The lowest BCUT2D eigenvalue weighted by atomic mass is 10.1. The van der Waals surface area contributed by atoms with Crippen LogP contribution in [0, 0.1) is 0 Å². The summed E-state index contributed by atoms with van der Waals surface area (Å²) in [7, 11) is -3.74. The molecule has 0 saturated carbocycles. The van der Waals surface area contributed by atoms with Gasteiger partial charge in [0.1, 0.15) is 0 Å². The molecule has 0 radical (unpaired) electrons. The molecular formula is C19H21N5O3S. The molecule has 3 rings (SSSR count). The lowest BCUT2D eigenvalue weighted by Crippen LogP contribution is -2.31. The number of carbonyl (C=O) groups is 1. The van der Waals surface area contributed by atoms with Crippen molar-refractivity contribution in [3.8, 4) is 0 Å². The van der Waals surface area contributed by atoms with Gasteiger partial charge in [-0.1, -0.05) is 42.5 Å². The summed E-state index contributed by atoms with van der Waals surface area (Å²) in [4.78, 5) is 12.2. The van der Waals surface area contributed by atoms with Gasteiger partial charge in [0.2, 0.25) is 10.0 Å². The highest BCUT2D eigenvalue weighted by molar-refractivity contribution is 7.89. The summed E-state index contributed by atoms with van der Waals surface area (Å²) < 4.78 is 24.3. The number of hydrogen-bond acceptors (Lipinski definition) is 4. The van der Waals surface area contributed by atoms with E-state index >= 15 is 0 Å². The SMILES string of the molecule is CC(NC(=O)Nc1ccn(Cc2ccccc2)n1)c1ccc(S(N)(=O)=O)cc1. The molecule has 0 spiro atoms. The van der Waals surface area contributed by atoms with Crippen LogP contribution >= 0.6 is 0 Å². The fourth-order valence-corrected chi connectivity index (χ4v) is 3.18. The van der Waals surface area contributed by atoms with E-state index in [0.29, 0.717) is 12.4 Å². The molecule has 0 saturated heterocycles. The number of amides is 2. The van der Waals surface area contributed by atoms with Gasteiger partial charge in [-0.2, -0.15) is 5.10 Å². The van der Waals surface area contributed by atoms with Crippen LogP contribution in [0.1, 0.15) is 24.1 Å². The summed E-state index contributed by atoms with van der Waals surface area (Å²) in [6.07, 6.45) is 1.79. The van der Waals surface area contributed by atoms with E-state index in [-0.39, 0.29) is 10.9 Å². The molecule has 28 heavy (non-hydrogen) atoms. The van der Waals surface area contributed by atoms with Gasteiger partial charge in [0.05, 0.1) is 17.5 Å². The van der Waals surface area contributed by atoms with E-state index in [2.05, 4.69) is 15.7 Å². The molecule has 0 fully saturated rings. The number of benzene rings is 2. The lowest BCUT2D eigenvalue weighted by Gasteiger charge is -2.14. The molecule has 146 valence electrons. The Balaban J connectivity index is 1.56. The van der Waals surface area contributed by atoms with Crippen molar-refractivity contribution in [1.82, 2.24) is 15.1 Å². The normalized spacial score (nSPS) is 12.4. The summed E-state index contributed by atoms with van der Waals surface area (Å²) in [6, 6.07) is 16.9. The third-order valence-corrected chi connectivity index (χ3v) is 5.06. The monoisotopic (exact) mass is 399 g/mol. The molecule has 1 heterocycles. The second kappa shape index (κ2) is 8.24. The van der Waals surface area contributed by atoms with Crippen LogP contribution < -0.4 is 15.8 Å². The number of hydrogen-bond donors (Lipinski definition) is 3. The van der Waals surface area contributed by atoms with E-state index in [1.54, 1.807) is 36.0 Å². The number of rotatable bonds is 6. The molecule has 3 aromatic rings. The van der Waals surface area contributed by atoms with Crippen LogP contribution in [0.15, 0.2) is 71.8 Å². The summed E-state index contributed by atoms with van der Waals surface area (Å²) >= 11 is 0. The molecule has 0 aliphatic heterocycles. The highest BCUT2D eigenvalue weighted by Gasteiger charge is 2.13. The van der Waals surface area contributed by atoms with Crippen LogP contribution in [-0.4, -0.2) is 24.2 Å². The minimum absolute atomic E-state index is 0.0249. The quantitative estimate of drug-likeness (QED) is 0.590. The topological polar surface area (TPSA) is 119 Å². The highest BCUT2D eigenvalue weighted by atomic mass is 32.2. The maximum absolute atomic E-state index is 12.2. The Morgan fingerprint density at radius 3 is 2.43 bits per heavy atom. The second-order valence-electron chi connectivity index (χ2n) is 6.32. The van der Waals surface area contributed by atoms with Crippen LogP contribution in [0.5, 0.6) is 0 Å². The van der Waals surface area contributed by atoms with E-state index in [0.717, 1.165) is 11.1 Å². The fourth-order valence-electron chi connectivity index (χ4n) is 2.67. The minimum Gasteiger partial charge on any atom is -0.331 e. The Labute approximate surface area is 163 Å².